The molecule has 0 saturated carbocycles. The summed E-state index contributed by atoms with van der Waals surface area (Å²) in [7, 11) is 0. The van der Waals surface area contributed by atoms with Crippen molar-refractivity contribution in [3.8, 4) is 0 Å². The second-order valence-electron chi connectivity index (χ2n) is 6.27. The fourth-order valence-corrected chi connectivity index (χ4v) is 3.66. The Balaban J connectivity index is 1.53. The first-order valence-corrected chi connectivity index (χ1v) is 9.06. The molecule has 24 heavy (non-hydrogen) atoms. The predicted octanol–water partition coefficient (Wildman–Crippen LogP) is 3.30. The highest BCUT2D eigenvalue weighted by atomic mass is 32.1. The maximum Gasteiger partial charge on any atom is 0.222 e. The number of carbonyl (C=O) groups excluding carboxylic acids is 1. The molecule has 1 aromatic heterocycles. The highest BCUT2D eigenvalue weighted by molar-refractivity contribution is 7.71. The molecule has 3 rings (SSSR count). The summed E-state index contributed by atoms with van der Waals surface area (Å²) in [4.78, 5) is 14.4. The molecule has 2 aromatic rings. The van der Waals surface area contributed by atoms with E-state index in [1.165, 1.54) is 5.56 Å². The van der Waals surface area contributed by atoms with Gasteiger partial charge in [0.05, 0.1) is 0 Å². The molecule has 1 fully saturated rings. The van der Waals surface area contributed by atoms with Crippen molar-refractivity contribution in [2.45, 2.75) is 45.1 Å². The molecule has 1 amide bonds. The number of aromatic nitrogens is 3. The Hall–Kier alpha value is -1.95. The number of rotatable bonds is 5. The van der Waals surface area contributed by atoms with Crippen LogP contribution in [0.3, 0.4) is 0 Å². The lowest BCUT2D eigenvalue weighted by Crippen LogP contribution is -2.38. The number of likely N-dealkylation sites (tertiary alicyclic amines) is 1. The van der Waals surface area contributed by atoms with E-state index in [2.05, 4.69) is 33.8 Å². The first-order chi connectivity index (χ1) is 11.7. The summed E-state index contributed by atoms with van der Waals surface area (Å²) in [6.45, 7) is 4.53. The Kier molecular flexibility index (Phi) is 5.45. The molecule has 0 atom stereocenters. The quantitative estimate of drug-likeness (QED) is 0.847. The maximum atomic E-state index is 12.4. The molecular weight excluding hydrogens is 320 g/mol. The van der Waals surface area contributed by atoms with Gasteiger partial charge in [-0.05, 0) is 44.0 Å². The average Bonchev–Trinajstić information content (AvgIpc) is 3.01. The summed E-state index contributed by atoms with van der Waals surface area (Å²) >= 11 is 5.27. The molecule has 0 spiro atoms. The molecule has 1 N–H and O–H groups in total. The van der Waals surface area contributed by atoms with Gasteiger partial charge < -0.3 is 9.47 Å². The molecule has 0 aliphatic carbocycles. The number of piperidine rings is 1. The normalized spacial score (nSPS) is 15.6. The molecule has 0 bridgehead atoms. The van der Waals surface area contributed by atoms with Crippen molar-refractivity contribution >= 4 is 18.1 Å². The first-order valence-electron chi connectivity index (χ1n) is 8.66. The second kappa shape index (κ2) is 7.75. The van der Waals surface area contributed by atoms with E-state index in [1.807, 2.05) is 23.1 Å². The topological polar surface area (TPSA) is 53.9 Å². The molecule has 2 heterocycles. The van der Waals surface area contributed by atoms with Gasteiger partial charge in [0.25, 0.3) is 0 Å². The lowest BCUT2D eigenvalue weighted by atomic mass is 9.95. The van der Waals surface area contributed by atoms with Crippen LogP contribution < -0.4 is 0 Å². The van der Waals surface area contributed by atoms with E-state index in [-0.39, 0.29) is 5.91 Å². The third-order valence-electron chi connectivity index (χ3n) is 4.79. The van der Waals surface area contributed by atoms with Crippen LogP contribution in [-0.2, 0) is 17.8 Å². The summed E-state index contributed by atoms with van der Waals surface area (Å²) in [6, 6.07) is 10.2. The van der Waals surface area contributed by atoms with Gasteiger partial charge in [0.15, 0.2) is 4.77 Å². The number of benzene rings is 1. The number of amides is 1. The Labute approximate surface area is 147 Å². The summed E-state index contributed by atoms with van der Waals surface area (Å²) in [5, 5.41) is 7.29. The number of carbonyl (C=O) groups is 1. The summed E-state index contributed by atoms with van der Waals surface area (Å²) in [6.07, 6.45) is 3.31. The van der Waals surface area contributed by atoms with Crippen molar-refractivity contribution in [3.63, 3.8) is 0 Å². The van der Waals surface area contributed by atoms with Crippen molar-refractivity contribution in [3.05, 3.63) is 46.5 Å². The van der Waals surface area contributed by atoms with Crippen molar-refractivity contribution < 1.29 is 4.79 Å². The molecule has 1 aromatic carbocycles. The fourth-order valence-electron chi connectivity index (χ4n) is 3.39. The Bertz CT molecular complexity index is 729. The Morgan fingerprint density at radius 1 is 1.29 bits per heavy atom. The number of hydrogen-bond donors (Lipinski definition) is 1. The van der Waals surface area contributed by atoms with Crippen LogP contribution in [0.1, 0.15) is 43.5 Å². The van der Waals surface area contributed by atoms with Crippen molar-refractivity contribution in [1.82, 2.24) is 19.7 Å². The molecule has 1 aliphatic rings. The molecule has 128 valence electrons. The van der Waals surface area contributed by atoms with Crippen molar-refractivity contribution in [2.75, 3.05) is 13.1 Å². The largest absolute Gasteiger partial charge is 0.343 e. The minimum absolute atomic E-state index is 0.256. The van der Waals surface area contributed by atoms with Crippen LogP contribution in [0.4, 0.5) is 0 Å². The first kappa shape index (κ1) is 16.9. The minimum Gasteiger partial charge on any atom is -0.343 e. The van der Waals surface area contributed by atoms with E-state index < -0.39 is 0 Å². The van der Waals surface area contributed by atoms with Gasteiger partial charge in [-0.25, -0.2) is 0 Å². The Morgan fingerprint density at radius 2 is 2.00 bits per heavy atom. The number of hydrogen-bond acceptors (Lipinski definition) is 3. The number of aryl methyl sites for hydroxylation is 1. The van der Waals surface area contributed by atoms with E-state index in [9.17, 15) is 4.79 Å². The standard InChI is InChI=1S/C18H24N4OS/c1-2-22-17(19-20-18(22)24)15-10-12-21(13-11-15)16(23)9-8-14-6-4-3-5-7-14/h3-7,15H,2,8-13H2,1H3,(H,20,24). The monoisotopic (exact) mass is 344 g/mol. The van der Waals surface area contributed by atoms with Gasteiger partial charge in [-0.15, -0.1) is 0 Å². The van der Waals surface area contributed by atoms with Gasteiger partial charge in [-0.3, -0.25) is 9.89 Å². The van der Waals surface area contributed by atoms with Crippen molar-refractivity contribution in [1.29, 1.82) is 0 Å². The zero-order valence-corrected chi connectivity index (χ0v) is 14.9. The van der Waals surface area contributed by atoms with Crippen molar-refractivity contribution in [2.24, 2.45) is 0 Å². The summed E-state index contributed by atoms with van der Waals surface area (Å²) in [5.74, 6) is 1.68. The summed E-state index contributed by atoms with van der Waals surface area (Å²) in [5.41, 5.74) is 1.22. The molecule has 1 aliphatic heterocycles. The van der Waals surface area contributed by atoms with Gasteiger partial charge in [-0.2, -0.15) is 5.10 Å². The van der Waals surface area contributed by atoms with Crippen LogP contribution in [0.15, 0.2) is 30.3 Å². The highest BCUT2D eigenvalue weighted by Crippen LogP contribution is 2.27. The van der Waals surface area contributed by atoms with E-state index in [1.54, 1.807) is 0 Å². The lowest BCUT2D eigenvalue weighted by Gasteiger charge is -2.31. The number of aromatic amines is 1. The second-order valence-corrected chi connectivity index (χ2v) is 6.66. The van der Waals surface area contributed by atoms with Gasteiger partial charge in [0.1, 0.15) is 5.82 Å². The number of nitrogens with one attached hydrogen (secondary N) is 1. The van der Waals surface area contributed by atoms with E-state index >= 15 is 0 Å². The Morgan fingerprint density at radius 3 is 2.67 bits per heavy atom. The number of nitrogens with zero attached hydrogens (tertiary/aromatic N) is 3. The van der Waals surface area contributed by atoms with Gasteiger partial charge >= 0.3 is 0 Å². The molecular formula is C18H24N4OS. The summed E-state index contributed by atoms with van der Waals surface area (Å²) < 4.78 is 2.75. The van der Waals surface area contributed by atoms with Crippen LogP contribution in [0.5, 0.6) is 0 Å². The maximum absolute atomic E-state index is 12.4. The van der Waals surface area contributed by atoms with Gasteiger partial charge in [-0.1, -0.05) is 30.3 Å². The number of H-pyrrole nitrogens is 1. The predicted molar refractivity (Wildman–Crippen MR) is 96.4 cm³/mol. The zero-order chi connectivity index (χ0) is 16.9. The van der Waals surface area contributed by atoms with E-state index in [4.69, 9.17) is 12.2 Å². The fraction of sp³-hybridized carbons (Fsp3) is 0.500. The van der Waals surface area contributed by atoms with Gasteiger partial charge in [0, 0.05) is 32.0 Å². The molecule has 0 unspecified atom stereocenters. The van der Waals surface area contributed by atoms with E-state index in [0.717, 1.165) is 44.7 Å². The smallest absolute Gasteiger partial charge is 0.222 e. The van der Waals surface area contributed by atoms with Crippen LogP contribution in [0.25, 0.3) is 0 Å². The molecule has 6 heteroatoms. The van der Waals surface area contributed by atoms with Crippen LogP contribution in [0.2, 0.25) is 0 Å². The average molecular weight is 344 g/mol. The SMILES string of the molecule is CCn1c(C2CCN(C(=O)CCc3ccccc3)CC2)n[nH]c1=S. The van der Waals surface area contributed by atoms with Crippen LogP contribution >= 0.6 is 12.2 Å². The van der Waals surface area contributed by atoms with E-state index in [0.29, 0.717) is 17.1 Å². The molecule has 1 saturated heterocycles. The molecule has 5 nitrogen and oxygen atoms in total. The van der Waals surface area contributed by atoms with Crippen LogP contribution in [0, 0.1) is 4.77 Å². The third-order valence-corrected chi connectivity index (χ3v) is 5.10. The minimum atomic E-state index is 0.256. The van der Waals surface area contributed by atoms with Crippen LogP contribution in [-0.4, -0.2) is 38.7 Å². The highest BCUT2D eigenvalue weighted by Gasteiger charge is 2.26. The third kappa shape index (κ3) is 3.75. The van der Waals surface area contributed by atoms with Gasteiger partial charge in [0.2, 0.25) is 5.91 Å². The molecule has 0 radical (unpaired) electrons. The lowest BCUT2D eigenvalue weighted by molar-refractivity contribution is -0.132. The zero-order valence-electron chi connectivity index (χ0n) is 14.1.